The van der Waals surface area contributed by atoms with E-state index in [0.717, 1.165) is 0 Å². The van der Waals surface area contributed by atoms with Gasteiger partial charge in [-0.05, 0) is 0 Å². The number of aliphatic hydroxyl groups excluding tert-OH is 1. The van der Waals surface area contributed by atoms with Gasteiger partial charge in [0.15, 0.2) is 0 Å². The molecule has 0 atom stereocenters. The van der Waals surface area contributed by atoms with Gasteiger partial charge in [0.2, 0.25) is 0 Å². The molecule has 0 aromatic carbocycles. The Morgan fingerprint density at radius 2 is 1.85 bits per heavy atom. The molecular formula is C7H18N2O3S. The van der Waals surface area contributed by atoms with E-state index < -0.39 is 15.6 Å². The van der Waals surface area contributed by atoms with Crippen molar-refractivity contribution < 1.29 is 13.5 Å². The van der Waals surface area contributed by atoms with Crippen molar-refractivity contribution >= 4 is 10.2 Å². The molecule has 6 heteroatoms. The lowest BCUT2D eigenvalue weighted by Crippen LogP contribution is -2.42. The zero-order chi connectivity index (χ0) is 10.5. The predicted molar refractivity (Wildman–Crippen MR) is 51.5 cm³/mol. The van der Waals surface area contributed by atoms with E-state index in [4.69, 9.17) is 5.11 Å². The molecule has 0 fully saturated rings. The molecule has 0 bridgehead atoms. The van der Waals surface area contributed by atoms with E-state index in [1.165, 1.54) is 0 Å². The second kappa shape index (κ2) is 4.90. The molecule has 0 aliphatic rings. The first-order chi connectivity index (χ1) is 5.83. The van der Waals surface area contributed by atoms with E-state index in [1.54, 1.807) is 20.8 Å². The van der Waals surface area contributed by atoms with Crippen LogP contribution in [0.15, 0.2) is 0 Å². The van der Waals surface area contributed by atoms with Crippen LogP contribution < -0.4 is 9.44 Å². The van der Waals surface area contributed by atoms with Gasteiger partial charge in [0.25, 0.3) is 10.2 Å². The quantitative estimate of drug-likeness (QED) is 0.550. The molecule has 0 heterocycles. The average Bonchev–Trinajstić information content (AvgIpc) is 2.02. The molecule has 3 N–H and O–H groups in total. The van der Waals surface area contributed by atoms with Gasteiger partial charge in [0.05, 0.1) is 0 Å². The van der Waals surface area contributed by atoms with Crippen molar-refractivity contribution in [1.29, 1.82) is 0 Å². The molecule has 0 saturated heterocycles. The first-order valence-electron chi connectivity index (χ1n) is 4.18. The SMILES string of the molecule is CCNS(=O)(=O)NCC(C)(C)CO. The molecular weight excluding hydrogens is 192 g/mol. The van der Waals surface area contributed by atoms with Crippen molar-refractivity contribution in [3.8, 4) is 0 Å². The van der Waals surface area contributed by atoms with Crippen LogP contribution in [0.2, 0.25) is 0 Å². The third-order valence-electron chi connectivity index (χ3n) is 1.50. The molecule has 5 nitrogen and oxygen atoms in total. The molecule has 0 unspecified atom stereocenters. The number of nitrogens with one attached hydrogen (secondary N) is 2. The van der Waals surface area contributed by atoms with Crippen LogP contribution in [0, 0.1) is 5.41 Å². The lowest BCUT2D eigenvalue weighted by atomic mass is 9.96. The van der Waals surface area contributed by atoms with Gasteiger partial charge in [-0.25, -0.2) is 9.44 Å². The maximum absolute atomic E-state index is 11.1. The van der Waals surface area contributed by atoms with Crippen LogP contribution in [0.3, 0.4) is 0 Å². The van der Waals surface area contributed by atoms with Crippen LogP contribution in [0.4, 0.5) is 0 Å². The highest BCUT2D eigenvalue weighted by Gasteiger charge is 2.19. The zero-order valence-corrected chi connectivity index (χ0v) is 9.11. The van der Waals surface area contributed by atoms with E-state index in [1.807, 2.05) is 0 Å². The lowest BCUT2D eigenvalue weighted by molar-refractivity contribution is 0.163. The van der Waals surface area contributed by atoms with E-state index in [-0.39, 0.29) is 13.2 Å². The van der Waals surface area contributed by atoms with Crippen LogP contribution in [-0.2, 0) is 10.2 Å². The highest BCUT2D eigenvalue weighted by Crippen LogP contribution is 2.11. The Bertz CT molecular complexity index is 236. The van der Waals surface area contributed by atoms with Crippen molar-refractivity contribution in [2.24, 2.45) is 5.41 Å². The average molecular weight is 210 g/mol. The van der Waals surface area contributed by atoms with Crippen molar-refractivity contribution in [2.45, 2.75) is 20.8 Å². The van der Waals surface area contributed by atoms with E-state index in [0.29, 0.717) is 6.54 Å². The van der Waals surface area contributed by atoms with Crippen LogP contribution >= 0.6 is 0 Å². The summed E-state index contributed by atoms with van der Waals surface area (Å²) in [5.41, 5.74) is -0.428. The number of rotatable bonds is 6. The maximum atomic E-state index is 11.1. The first kappa shape index (κ1) is 12.8. The van der Waals surface area contributed by atoms with Gasteiger partial charge >= 0.3 is 0 Å². The van der Waals surface area contributed by atoms with Crippen LogP contribution in [0.25, 0.3) is 0 Å². The molecule has 0 rings (SSSR count). The van der Waals surface area contributed by atoms with E-state index in [9.17, 15) is 8.42 Å². The summed E-state index contributed by atoms with van der Waals surface area (Å²) >= 11 is 0. The fraction of sp³-hybridized carbons (Fsp3) is 1.00. The smallest absolute Gasteiger partial charge is 0.276 e. The largest absolute Gasteiger partial charge is 0.396 e. The summed E-state index contributed by atoms with van der Waals surface area (Å²) in [4.78, 5) is 0. The molecule has 0 amide bonds. The number of hydrogen-bond donors (Lipinski definition) is 3. The Hall–Kier alpha value is -0.170. The minimum atomic E-state index is -3.39. The van der Waals surface area contributed by atoms with Gasteiger partial charge in [-0.15, -0.1) is 0 Å². The van der Waals surface area contributed by atoms with Crippen molar-refractivity contribution in [2.75, 3.05) is 19.7 Å². The van der Waals surface area contributed by atoms with Crippen LogP contribution in [0.5, 0.6) is 0 Å². The van der Waals surface area contributed by atoms with Gasteiger partial charge in [-0.1, -0.05) is 20.8 Å². The van der Waals surface area contributed by atoms with Gasteiger partial charge < -0.3 is 5.11 Å². The van der Waals surface area contributed by atoms with Crippen LogP contribution in [0.1, 0.15) is 20.8 Å². The van der Waals surface area contributed by atoms with E-state index >= 15 is 0 Å². The molecule has 80 valence electrons. The number of hydrogen-bond acceptors (Lipinski definition) is 3. The minimum Gasteiger partial charge on any atom is -0.396 e. The first-order valence-corrected chi connectivity index (χ1v) is 5.66. The highest BCUT2D eigenvalue weighted by molar-refractivity contribution is 7.87. The molecule has 0 radical (unpaired) electrons. The van der Waals surface area contributed by atoms with Crippen LogP contribution in [-0.4, -0.2) is 33.2 Å². The standard InChI is InChI=1S/C7H18N2O3S/c1-4-8-13(11,12)9-5-7(2,3)6-10/h8-10H,4-6H2,1-3H3. The summed E-state index contributed by atoms with van der Waals surface area (Å²) in [5.74, 6) is 0. The molecule has 0 aromatic heterocycles. The normalized spacial score (nSPS) is 13.2. The van der Waals surface area contributed by atoms with Crippen molar-refractivity contribution in [3.05, 3.63) is 0 Å². The van der Waals surface area contributed by atoms with E-state index in [2.05, 4.69) is 9.44 Å². The third-order valence-corrected chi connectivity index (χ3v) is 2.70. The molecule has 13 heavy (non-hydrogen) atoms. The Morgan fingerprint density at radius 1 is 1.31 bits per heavy atom. The maximum Gasteiger partial charge on any atom is 0.276 e. The van der Waals surface area contributed by atoms with Crippen molar-refractivity contribution in [3.63, 3.8) is 0 Å². The second-order valence-electron chi connectivity index (χ2n) is 3.64. The molecule has 0 aromatic rings. The fourth-order valence-corrected chi connectivity index (χ4v) is 1.65. The number of aliphatic hydroxyl groups is 1. The monoisotopic (exact) mass is 210 g/mol. The fourth-order valence-electron chi connectivity index (χ4n) is 0.587. The molecule has 0 saturated carbocycles. The molecule has 0 aliphatic carbocycles. The highest BCUT2D eigenvalue weighted by atomic mass is 32.2. The Morgan fingerprint density at radius 3 is 2.23 bits per heavy atom. The molecule has 0 spiro atoms. The summed E-state index contributed by atoms with van der Waals surface area (Å²) < 4.78 is 26.8. The Balaban J connectivity index is 4.02. The van der Waals surface area contributed by atoms with Gasteiger partial charge in [-0.3, -0.25) is 0 Å². The van der Waals surface area contributed by atoms with Gasteiger partial charge in [-0.2, -0.15) is 8.42 Å². The Kier molecular flexibility index (Phi) is 4.83. The summed E-state index contributed by atoms with van der Waals surface area (Å²) in [5, 5.41) is 8.87. The van der Waals surface area contributed by atoms with Crippen molar-refractivity contribution in [1.82, 2.24) is 9.44 Å². The summed E-state index contributed by atoms with van der Waals surface area (Å²) in [6.07, 6.45) is 0. The lowest BCUT2D eigenvalue weighted by Gasteiger charge is -2.21. The summed E-state index contributed by atoms with van der Waals surface area (Å²) in [6.45, 7) is 5.79. The van der Waals surface area contributed by atoms with Gasteiger partial charge in [0, 0.05) is 25.1 Å². The topological polar surface area (TPSA) is 78.4 Å². The van der Waals surface area contributed by atoms with Gasteiger partial charge in [0.1, 0.15) is 0 Å². The summed E-state index contributed by atoms with van der Waals surface area (Å²) in [7, 11) is -3.39. The Labute approximate surface area is 79.7 Å². The third kappa shape index (κ3) is 5.98. The summed E-state index contributed by atoms with van der Waals surface area (Å²) in [6, 6.07) is 0. The molecule has 0 aliphatic heterocycles. The second-order valence-corrected chi connectivity index (χ2v) is 5.23. The predicted octanol–water partition coefficient (Wildman–Crippen LogP) is -0.551. The minimum absolute atomic E-state index is 0.0539. The zero-order valence-electron chi connectivity index (χ0n) is 8.29.